The van der Waals surface area contributed by atoms with Crippen molar-refractivity contribution in [3.8, 4) is 5.75 Å². The number of hydrogen-bond donors (Lipinski definition) is 3. The molecule has 0 amide bonds. The van der Waals surface area contributed by atoms with Crippen LogP contribution in [0.4, 0.5) is 56.9 Å². The number of phenolic OH excluding ortho intramolecular Hbond substituents is 1. The van der Waals surface area contributed by atoms with Gasteiger partial charge in [-0.3, -0.25) is 4.55 Å². The van der Waals surface area contributed by atoms with Gasteiger partial charge < -0.3 is 10.4 Å². The van der Waals surface area contributed by atoms with Crippen molar-refractivity contribution in [1.29, 1.82) is 0 Å². The van der Waals surface area contributed by atoms with Crippen molar-refractivity contribution >= 4 is 77.8 Å². The highest BCUT2D eigenvalue weighted by atomic mass is 32.2. The van der Waals surface area contributed by atoms with Gasteiger partial charge in [0, 0.05) is 16.8 Å². The third-order valence-electron chi connectivity index (χ3n) is 9.13. The summed E-state index contributed by atoms with van der Waals surface area (Å²) in [5.41, 5.74) is 9.33. The quantitative estimate of drug-likeness (QED) is 0.0868. The van der Waals surface area contributed by atoms with Crippen LogP contribution in [0.25, 0.3) is 10.8 Å². The van der Waals surface area contributed by atoms with E-state index in [1.807, 2.05) is 113 Å². The highest BCUT2D eigenvalue weighted by molar-refractivity contribution is 7.86. The van der Waals surface area contributed by atoms with Gasteiger partial charge in [-0.2, -0.15) is 39.1 Å². The largest absolute Gasteiger partial charge is 0.505 e. The molecule has 288 valence electrons. The Balaban J connectivity index is 1.000. The summed E-state index contributed by atoms with van der Waals surface area (Å²) < 4.78 is 32.8. The number of nitrogens with zero attached hydrogens (tertiary/aromatic N) is 8. The van der Waals surface area contributed by atoms with Crippen molar-refractivity contribution in [3.05, 3.63) is 156 Å². The summed E-state index contributed by atoms with van der Waals surface area (Å²) in [6.45, 7) is 7.59. The summed E-state index contributed by atoms with van der Waals surface area (Å²) in [6.07, 6.45) is 0. The smallest absolute Gasteiger partial charge is 0.296 e. The van der Waals surface area contributed by atoms with Gasteiger partial charge in [-0.05, 0) is 152 Å². The number of hydrogen-bond acceptors (Lipinski definition) is 12. The summed E-state index contributed by atoms with van der Waals surface area (Å²) in [7, 11) is -4.44. The zero-order chi connectivity index (χ0) is 40.8. The van der Waals surface area contributed by atoms with Gasteiger partial charge in [0.1, 0.15) is 16.3 Å². The molecule has 0 saturated carbocycles. The zero-order valence-electron chi connectivity index (χ0n) is 31.9. The van der Waals surface area contributed by atoms with Crippen LogP contribution in [0.3, 0.4) is 0 Å². The normalized spacial score (nSPS) is 12.2. The van der Waals surface area contributed by atoms with Gasteiger partial charge in [0.2, 0.25) is 0 Å². The second-order valence-electron chi connectivity index (χ2n) is 13.5. The number of azo groups is 4. The van der Waals surface area contributed by atoms with E-state index in [2.05, 4.69) is 46.2 Å². The predicted octanol–water partition coefficient (Wildman–Crippen LogP) is 14.4. The van der Waals surface area contributed by atoms with E-state index < -0.39 is 10.1 Å². The zero-order valence-corrected chi connectivity index (χ0v) is 32.7. The number of rotatable bonds is 11. The van der Waals surface area contributed by atoms with E-state index >= 15 is 0 Å². The van der Waals surface area contributed by atoms with Crippen LogP contribution in [0.15, 0.2) is 179 Å². The van der Waals surface area contributed by atoms with E-state index in [1.54, 1.807) is 30.3 Å². The Morgan fingerprint density at radius 1 is 0.448 bits per heavy atom. The molecule has 3 N–H and O–H groups in total. The van der Waals surface area contributed by atoms with Gasteiger partial charge >= 0.3 is 0 Å². The SMILES string of the molecule is Cc1cc(N=Nc2cc(C)c(N=Nc3ccc4cc(Nc5ccccc5)ccc4c3O)cc2C)ccc1N=Nc1ccc(N=Nc2ccccc2S(=O)(=O)O)c(C)c1. The van der Waals surface area contributed by atoms with Crippen LogP contribution in [0.1, 0.15) is 22.3 Å². The minimum Gasteiger partial charge on any atom is -0.505 e. The van der Waals surface area contributed by atoms with Crippen LogP contribution in [-0.4, -0.2) is 18.1 Å². The van der Waals surface area contributed by atoms with Gasteiger partial charge in [-0.25, -0.2) is 0 Å². The Morgan fingerprint density at radius 3 is 1.57 bits per heavy atom. The predicted molar refractivity (Wildman–Crippen MR) is 227 cm³/mol. The lowest BCUT2D eigenvalue weighted by atomic mass is 10.1. The molecular formula is C44H37N9O4S. The molecule has 58 heavy (non-hydrogen) atoms. The standard InChI is InChI=1S/C44H37N9O4S/c1-27-22-35(16-20-37(27)48-46-34-17-21-38(28(2)23-34)49-50-39-12-8-9-13-43(39)58(55,56)57)47-52-41-24-30(4)42(25-29(41)3)53-51-40-19-14-31-26-33(15-18-36(31)44(40)54)45-32-10-6-5-7-11-32/h5-26,45,54H,1-4H3,(H,55,56,57). The fraction of sp³-hybridized carbons (Fsp3) is 0.0909. The lowest BCUT2D eigenvalue weighted by molar-refractivity contribution is 0.482. The molecule has 0 fully saturated rings. The molecule has 7 aromatic rings. The first kappa shape index (κ1) is 39.0. The maximum atomic E-state index is 11.7. The summed E-state index contributed by atoms with van der Waals surface area (Å²) in [4.78, 5) is -0.323. The number of aromatic hydroxyl groups is 1. The number of nitrogens with one attached hydrogen (secondary N) is 1. The third-order valence-corrected chi connectivity index (χ3v) is 10.0. The average Bonchev–Trinajstić information content (AvgIpc) is 3.20. The Labute approximate surface area is 335 Å². The minimum absolute atomic E-state index is 0.0284. The second-order valence-corrected chi connectivity index (χ2v) is 14.9. The first-order valence-electron chi connectivity index (χ1n) is 18.1. The van der Waals surface area contributed by atoms with Crippen LogP contribution in [0.5, 0.6) is 5.75 Å². The molecule has 0 aliphatic rings. The number of aryl methyl sites for hydroxylation is 4. The van der Waals surface area contributed by atoms with Crippen molar-refractivity contribution in [1.82, 2.24) is 0 Å². The first-order valence-corrected chi connectivity index (χ1v) is 19.5. The molecule has 0 saturated heterocycles. The summed E-state index contributed by atoms with van der Waals surface area (Å²) in [5.74, 6) is 0.0601. The molecule has 0 unspecified atom stereocenters. The van der Waals surface area contributed by atoms with Crippen LogP contribution in [0, 0.1) is 27.7 Å². The lowest BCUT2D eigenvalue weighted by Gasteiger charge is -2.09. The number of fused-ring (bicyclic) bond motifs is 1. The third kappa shape index (κ3) is 9.21. The van der Waals surface area contributed by atoms with Gasteiger partial charge in [-0.1, -0.05) is 36.4 Å². The molecule has 7 rings (SSSR count). The van der Waals surface area contributed by atoms with Gasteiger partial charge in [0.15, 0.2) is 5.75 Å². The highest BCUT2D eigenvalue weighted by Crippen LogP contribution is 2.38. The van der Waals surface area contributed by atoms with Gasteiger partial charge in [-0.15, -0.1) is 10.2 Å². The molecule has 7 aromatic carbocycles. The van der Waals surface area contributed by atoms with Crippen LogP contribution in [0.2, 0.25) is 0 Å². The molecular weight excluding hydrogens is 751 g/mol. The van der Waals surface area contributed by atoms with E-state index in [4.69, 9.17) is 0 Å². The van der Waals surface area contributed by atoms with Crippen LogP contribution >= 0.6 is 0 Å². The van der Waals surface area contributed by atoms with Crippen molar-refractivity contribution in [2.45, 2.75) is 32.6 Å². The molecule has 0 aliphatic carbocycles. The van der Waals surface area contributed by atoms with E-state index in [0.717, 1.165) is 39.0 Å². The Bertz CT molecular complexity index is 2910. The van der Waals surface area contributed by atoms with Crippen LogP contribution in [-0.2, 0) is 10.1 Å². The van der Waals surface area contributed by atoms with Crippen molar-refractivity contribution < 1.29 is 18.1 Å². The Morgan fingerprint density at radius 2 is 0.948 bits per heavy atom. The van der Waals surface area contributed by atoms with Crippen molar-refractivity contribution in [2.75, 3.05) is 5.32 Å². The molecule has 0 aliphatic heterocycles. The second kappa shape index (κ2) is 16.8. The molecule has 0 atom stereocenters. The van der Waals surface area contributed by atoms with E-state index in [-0.39, 0.29) is 16.3 Å². The van der Waals surface area contributed by atoms with E-state index in [0.29, 0.717) is 45.2 Å². The van der Waals surface area contributed by atoms with Crippen molar-refractivity contribution in [2.24, 2.45) is 40.9 Å². The number of benzene rings is 7. The van der Waals surface area contributed by atoms with E-state index in [9.17, 15) is 18.1 Å². The maximum Gasteiger partial charge on any atom is 0.296 e. The first-order chi connectivity index (χ1) is 27.9. The molecule has 14 heteroatoms. The van der Waals surface area contributed by atoms with E-state index in [1.165, 1.54) is 18.2 Å². The number of para-hydroxylation sites is 1. The average molecular weight is 788 g/mol. The topological polar surface area (TPSA) is 186 Å². The summed E-state index contributed by atoms with van der Waals surface area (Å²) in [5, 5.41) is 50.8. The number of phenols is 1. The Hall–Kier alpha value is -7.29. The van der Waals surface area contributed by atoms with Gasteiger partial charge in [0.25, 0.3) is 10.1 Å². The number of anilines is 2. The fourth-order valence-corrected chi connectivity index (χ4v) is 6.60. The molecule has 0 heterocycles. The molecule has 0 radical (unpaired) electrons. The summed E-state index contributed by atoms with van der Waals surface area (Å²) in [6, 6.07) is 39.6. The monoisotopic (exact) mass is 787 g/mol. The maximum absolute atomic E-state index is 11.7. The molecule has 13 nitrogen and oxygen atoms in total. The lowest BCUT2D eigenvalue weighted by Crippen LogP contribution is -1.97. The molecule has 0 bridgehead atoms. The minimum atomic E-state index is -4.44. The Kier molecular flexibility index (Phi) is 11.3. The van der Waals surface area contributed by atoms with Crippen molar-refractivity contribution in [3.63, 3.8) is 0 Å². The summed E-state index contributed by atoms with van der Waals surface area (Å²) >= 11 is 0. The molecule has 0 aromatic heterocycles. The molecule has 0 spiro atoms. The fourth-order valence-electron chi connectivity index (χ4n) is 5.97. The van der Waals surface area contributed by atoms with Crippen LogP contribution < -0.4 is 5.32 Å². The van der Waals surface area contributed by atoms with Gasteiger partial charge in [0.05, 0.1) is 34.1 Å². The highest BCUT2D eigenvalue weighted by Gasteiger charge is 2.15.